The van der Waals surface area contributed by atoms with Crippen molar-refractivity contribution in [1.82, 2.24) is 0 Å². The van der Waals surface area contributed by atoms with Gasteiger partial charge < -0.3 is 24.2 Å². The van der Waals surface area contributed by atoms with Crippen LogP contribution < -0.4 is 0 Å². The Hall–Kier alpha value is -2.56. The number of carbonyl (C=O) groups is 3. The van der Waals surface area contributed by atoms with E-state index in [0.717, 1.165) is 89.9 Å². The standard InChI is InChI=1S/C66H121O11P/c1-4-7-10-13-16-19-22-25-28-30-31-33-35-37-40-43-46-49-52-55-64(68)73-59-63(77-66(70)57-54-51-48-45-42-39-36-32-29-26-23-20-17-14-11-8-5-2)61-75-78(71,72)74-60-62(58-67)76-65(69)56-53-50-47-44-41-38-34-27-24-21-18-15-12-9-6-3/h16-17,19-20,25-26,28-29,62-63,67H,4-15,18,21-24,27,30-61H2,1-3H3,(H,71,72)/b19-16-,20-17-,28-25-,29-26-. The van der Waals surface area contributed by atoms with Crippen LogP contribution in [0.3, 0.4) is 0 Å². The second-order valence-electron chi connectivity index (χ2n) is 21.9. The summed E-state index contributed by atoms with van der Waals surface area (Å²) in [6.45, 7) is 4.65. The second kappa shape index (κ2) is 60.5. The van der Waals surface area contributed by atoms with Crippen molar-refractivity contribution in [2.24, 2.45) is 0 Å². The number of ether oxygens (including phenoxy) is 3. The van der Waals surface area contributed by atoms with Crippen LogP contribution in [0.2, 0.25) is 0 Å². The lowest BCUT2D eigenvalue weighted by Crippen LogP contribution is -2.30. The summed E-state index contributed by atoms with van der Waals surface area (Å²) in [4.78, 5) is 48.8. The molecule has 0 heterocycles. The Morgan fingerprint density at radius 2 is 0.628 bits per heavy atom. The van der Waals surface area contributed by atoms with E-state index >= 15 is 0 Å². The minimum Gasteiger partial charge on any atom is -0.462 e. The summed E-state index contributed by atoms with van der Waals surface area (Å²) in [5.41, 5.74) is 0. The Balaban J connectivity index is 4.69. The van der Waals surface area contributed by atoms with Gasteiger partial charge in [0.15, 0.2) is 6.10 Å². The number of carbonyl (C=O) groups excluding carboxylic acids is 3. The van der Waals surface area contributed by atoms with Gasteiger partial charge in [-0.2, -0.15) is 0 Å². The summed E-state index contributed by atoms with van der Waals surface area (Å²) in [5.74, 6) is -1.46. The fourth-order valence-corrected chi connectivity index (χ4v) is 10.0. The van der Waals surface area contributed by atoms with E-state index in [1.165, 1.54) is 167 Å². The van der Waals surface area contributed by atoms with Crippen molar-refractivity contribution >= 4 is 25.7 Å². The van der Waals surface area contributed by atoms with Crippen LogP contribution in [0.5, 0.6) is 0 Å². The molecule has 3 unspecified atom stereocenters. The van der Waals surface area contributed by atoms with Gasteiger partial charge in [-0.3, -0.25) is 23.4 Å². The summed E-state index contributed by atoms with van der Waals surface area (Å²) < 4.78 is 39.7. The maximum absolute atomic E-state index is 13.0. The average molecular weight is 1120 g/mol. The van der Waals surface area contributed by atoms with Gasteiger partial charge in [0.25, 0.3) is 0 Å². The summed E-state index contributed by atoms with van der Waals surface area (Å²) in [5, 5.41) is 9.85. The first-order valence-corrected chi connectivity index (χ1v) is 34.0. The van der Waals surface area contributed by atoms with Gasteiger partial charge in [-0.15, -0.1) is 0 Å². The highest BCUT2D eigenvalue weighted by Crippen LogP contribution is 2.43. The maximum Gasteiger partial charge on any atom is 0.472 e. The summed E-state index contributed by atoms with van der Waals surface area (Å²) >= 11 is 0. The van der Waals surface area contributed by atoms with Crippen molar-refractivity contribution in [3.8, 4) is 0 Å². The number of rotatable bonds is 61. The normalized spacial score (nSPS) is 13.6. The van der Waals surface area contributed by atoms with Crippen LogP contribution in [0.15, 0.2) is 48.6 Å². The quantitative estimate of drug-likeness (QED) is 0.0197. The molecule has 0 rings (SSSR count). The third-order valence-electron chi connectivity index (χ3n) is 14.2. The first-order chi connectivity index (χ1) is 38.2. The van der Waals surface area contributed by atoms with Crippen LogP contribution in [0.25, 0.3) is 0 Å². The summed E-state index contributed by atoms with van der Waals surface area (Å²) in [7, 11) is -4.75. The molecule has 0 bridgehead atoms. The lowest BCUT2D eigenvalue weighted by Gasteiger charge is -2.21. The average Bonchev–Trinajstić information content (AvgIpc) is 3.43. The van der Waals surface area contributed by atoms with E-state index < -0.39 is 57.8 Å². The van der Waals surface area contributed by atoms with Crippen molar-refractivity contribution in [1.29, 1.82) is 0 Å². The van der Waals surface area contributed by atoms with Crippen molar-refractivity contribution in [2.45, 2.75) is 328 Å². The third-order valence-corrected chi connectivity index (χ3v) is 15.2. The van der Waals surface area contributed by atoms with E-state index in [1.807, 2.05) is 0 Å². The van der Waals surface area contributed by atoms with Crippen LogP contribution in [0, 0.1) is 0 Å². The highest BCUT2D eigenvalue weighted by atomic mass is 31.2. The minimum atomic E-state index is -4.75. The van der Waals surface area contributed by atoms with E-state index in [2.05, 4.69) is 69.4 Å². The number of allylic oxidation sites excluding steroid dienone is 8. The molecule has 0 aliphatic rings. The molecule has 0 aromatic rings. The molecule has 0 radical (unpaired) electrons. The van der Waals surface area contributed by atoms with Gasteiger partial charge in [-0.25, -0.2) is 4.57 Å². The molecule has 78 heavy (non-hydrogen) atoms. The summed E-state index contributed by atoms with van der Waals surface area (Å²) in [6.07, 6.45) is 66.2. The zero-order valence-corrected chi connectivity index (χ0v) is 51.5. The van der Waals surface area contributed by atoms with Gasteiger partial charge in [0.05, 0.1) is 19.8 Å². The van der Waals surface area contributed by atoms with Crippen molar-refractivity contribution in [3.63, 3.8) is 0 Å². The minimum absolute atomic E-state index is 0.160. The lowest BCUT2D eigenvalue weighted by molar-refractivity contribution is -0.161. The molecule has 0 aliphatic carbocycles. The second-order valence-corrected chi connectivity index (χ2v) is 23.4. The fraction of sp³-hybridized carbons (Fsp3) is 0.833. The van der Waals surface area contributed by atoms with Gasteiger partial charge in [0.1, 0.15) is 12.7 Å². The van der Waals surface area contributed by atoms with Crippen LogP contribution in [-0.4, -0.2) is 66.5 Å². The largest absolute Gasteiger partial charge is 0.472 e. The molecule has 11 nitrogen and oxygen atoms in total. The molecule has 0 fully saturated rings. The Morgan fingerprint density at radius 3 is 0.974 bits per heavy atom. The number of esters is 3. The maximum atomic E-state index is 13.0. The molecule has 0 aliphatic heterocycles. The predicted octanol–water partition coefficient (Wildman–Crippen LogP) is 19.7. The van der Waals surface area contributed by atoms with E-state index in [1.54, 1.807) is 0 Å². The van der Waals surface area contributed by atoms with Gasteiger partial charge in [0.2, 0.25) is 0 Å². The highest BCUT2D eigenvalue weighted by Gasteiger charge is 2.28. The third kappa shape index (κ3) is 58.1. The van der Waals surface area contributed by atoms with Crippen LogP contribution in [-0.2, 0) is 42.2 Å². The van der Waals surface area contributed by atoms with E-state index in [9.17, 15) is 28.9 Å². The first kappa shape index (κ1) is 75.4. The van der Waals surface area contributed by atoms with Crippen LogP contribution in [0.4, 0.5) is 0 Å². The van der Waals surface area contributed by atoms with Crippen molar-refractivity contribution < 1.29 is 52.2 Å². The molecule has 0 amide bonds. The zero-order valence-electron chi connectivity index (χ0n) is 50.6. The monoisotopic (exact) mass is 1120 g/mol. The predicted molar refractivity (Wildman–Crippen MR) is 325 cm³/mol. The van der Waals surface area contributed by atoms with Gasteiger partial charge in [0, 0.05) is 19.3 Å². The molecule has 12 heteroatoms. The molecule has 0 saturated heterocycles. The molecule has 0 saturated carbocycles. The fourth-order valence-electron chi connectivity index (χ4n) is 9.24. The Kier molecular flexibility index (Phi) is 58.5. The molecule has 0 spiro atoms. The zero-order chi connectivity index (χ0) is 56.9. The SMILES string of the molecule is CCCCC/C=C\C/C=C\CCCCCCCCCCCC(=O)OCC(COP(=O)(O)OCC(CO)OC(=O)CCCCCCCCCCCCCCCCC)OC(=O)CCCCCCCCC/C=C\C/C=C\CCCCC. The number of unbranched alkanes of at least 4 members (excludes halogenated alkanes) is 36. The smallest absolute Gasteiger partial charge is 0.462 e. The first-order valence-electron chi connectivity index (χ1n) is 32.5. The van der Waals surface area contributed by atoms with Crippen LogP contribution >= 0.6 is 7.82 Å². The van der Waals surface area contributed by atoms with E-state index in [-0.39, 0.29) is 25.9 Å². The van der Waals surface area contributed by atoms with Crippen LogP contribution in [0.1, 0.15) is 316 Å². The number of aliphatic hydroxyl groups is 1. The van der Waals surface area contributed by atoms with Gasteiger partial charge in [-0.05, 0) is 83.5 Å². The van der Waals surface area contributed by atoms with E-state index in [0.29, 0.717) is 19.3 Å². The summed E-state index contributed by atoms with van der Waals surface area (Å²) in [6, 6.07) is 0. The van der Waals surface area contributed by atoms with E-state index in [4.69, 9.17) is 23.3 Å². The van der Waals surface area contributed by atoms with Crippen molar-refractivity contribution in [3.05, 3.63) is 48.6 Å². The molecule has 0 aromatic heterocycles. The molecule has 3 atom stereocenters. The number of phosphoric acid groups is 1. The molecular weight excluding hydrogens is 1000 g/mol. The number of aliphatic hydroxyl groups excluding tert-OH is 1. The molecule has 2 N–H and O–H groups in total. The van der Waals surface area contributed by atoms with Crippen molar-refractivity contribution in [2.75, 3.05) is 26.4 Å². The topological polar surface area (TPSA) is 155 Å². The highest BCUT2D eigenvalue weighted by molar-refractivity contribution is 7.47. The number of phosphoric ester groups is 1. The Bertz CT molecular complexity index is 1490. The number of hydrogen-bond donors (Lipinski definition) is 2. The molecular formula is C66H121O11P. The molecule has 0 aromatic carbocycles. The van der Waals surface area contributed by atoms with Gasteiger partial charge >= 0.3 is 25.7 Å². The Morgan fingerprint density at radius 1 is 0.359 bits per heavy atom. The molecule has 456 valence electrons. The number of hydrogen-bond acceptors (Lipinski definition) is 10. The Labute approximate surface area is 479 Å². The van der Waals surface area contributed by atoms with Gasteiger partial charge in [-0.1, -0.05) is 262 Å². The lowest BCUT2D eigenvalue weighted by atomic mass is 10.0.